The molecule has 0 aromatic heterocycles. The highest BCUT2D eigenvalue weighted by Crippen LogP contribution is 2.32. The molecular formula is C24H30O2. The Hall–Kier alpha value is -2.09. The highest BCUT2D eigenvalue weighted by atomic mass is 16.5. The summed E-state index contributed by atoms with van der Waals surface area (Å²) in [5.74, 6) is 1.29. The summed E-state index contributed by atoms with van der Waals surface area (Å²) in [6.45, 7) is 4.08. The summed E-state index contributed by atoms with van der Waals surface area (Å²) >= 11 is 0. The van der Waals surface area contributed by atoms with Crippen molar-refractivity contribution in [1.82, 2.24) is 0 Å². The molecule has 0 spiro atoms. The molecule has 0 N–H and O–H groups in total. The van der Waals surface area contributed by atoms with Gasteiger partial charge in [0.05, 0.1) is 0 Å². The van der Waals surface area contributed by atoms with Crippen LogP contribution in [0.15, 0.2) is 42.5 Å². The van der Waals surface area contributed by atoms with Crippen LogP contribution in [-0.4, -0.2) is 5.97 Å². The number of carbonyl (C=O) groups excluding carboxylic acids is 1. The predicted octanol–water partition coefficient (Wildman–Crippen LogP) is 6.35. The van der Waals surface area contributed by atoms with E-state index in [1.54, 1.807) is 6.92 Å². The van der Waals surface area contributed by atoms with Gasteiger partial charge in [-0.1, -0.05) is 69.9 Å². The quantitative estimate of drug-likeness (QED) is 0.330. The van der Waals surface area contributed by atoms with Crippen LogP contribution in [0.25, 0.3) is 11.1 Å². The van der Waals surface area contributed by atoms with E-state index in [1.165, 1.54) is 67.2 Å². The topological polar surface area (TPSA) is 26.3 Å². The molecule has 1 unspecified atom stereocenters. The number of hydrogen-bond acceptors (Lipinski definition) is 2. The predicted molar refractivity (Wildman–Crippen MR) is 107 cm³/mol. The maximum Gasteiger partial charge on any atom is 0.310 e. The summed E-state index contributed by atoms with van der Waals surface area (Å²) in [5, 5.41) is 0. The van der Waals surface area contributed by atoms with Crippen molar-refractivity contribution in [3.8, 4) is 16.9 Å². The van der Waals surface area contributed by atoms with Gasteiger partial charge in [-0.2, -0.15) is 0 Å². The molecule has 0 fully saturated rings. The van der Waals surface area contributed by atoms with Crippen molar-refractivity contribution in [2.45, 2.75) is 65.2 Å². The Morgan fingerprint density at radius 3 is 2.50 bits per heavy atom. The number of ether oxygens (including phenoxy) is 1. The number of fused-ring (bicyclic) bond motifs is 1. The third-order valence-electron chi connectivity index (χ3n) is 5.46. The SMILES string of the molecule is CCCCCC1CCc2cc(-c3ccc(OC(=O)CC)cc3)ccc2C1. The Labute approximate surface area is 157 Å². The lowest BCUT2D eigenvalue weighted by molar-refractivity contribution is -0.134. The number of rotatable bonds is 7. The van der Waals surface area contributed by atoms with E-state index in [4.69, 9.17) is 4.74 Å². The Bertz CT molecular complexity index is 730. The maximum absolute atomic E-state index is 11.4. The zero-order valence-electron chi connectivity index (χ0n) is 16.1. The molecule has 0 heterocycles. The molecule has 0 radical (unpaired) electrons. The van der Waals surface area contributed by atoms with E-state index in [1.807, 2.05) is 24.3 Å². The Morgan fingerprint density at radius 2 is 1.77 bits per heavy atom. The average molecular weight is 351 g/mol. The third kappa shape index (κ3) is 4.75. The molecule has 0 saturated heterocycles. The van der Waals surface area contributed by atoms with Gasteiger partial charge >= 0.3 is 5.97 Å². The number of carbonyl (C=O) groups is 1. The lowest BCUT2D eigenvalue weighted by Gasteiger charge is -2.25. The molecular weight excluding hydrogens is 320 g/mol. The molecule has 2 heteroatoms. The second-order valence-electron chi connectivity index (χ2n) is 7.44. The number of aryl methyl sites for hydroxylation is 1. The van der Waals surface area contributed by atoms with E-state index < -0.39 is 0 Å². The first-order valence-corrected chi connectivity index (χ1v) is 10.1. The van der Waals surface area contributed by atoms with Crippen LogP contribution in [0.1, 0.15) is 63.5 Å². The van der Waals surface area contributed by atoms with E-state index in [9.17, 15) is 4.79 Å². The van der Waals surface area contributed by atoms with Crippen LogP contribution in [0.2, 0.25) is 0 Å². The van der Waals surface area contributed by atoms with Crippen LogP contribution in [0.3, 0.4) is 0 Å². The second kappa shape index (κ2) is 9.02. The van der Waals surface area contributed by atoms with E-state index in [-0.39, 0.29) is 5.97 Å². The van der Waals surface area contributed by atoms with Gasteiger partial charge in [0.25, 0.3) is 0 Å². The Kier molecular flexibility index (Phi) is 6.49. The number of benzene rings is 2. The second-order valence-corrected chi connectivity index (χ2v) is 7.44. The van der Waals surface area contributed by atoms with Gasteiger partial charge in [-0.25, -0.2) is 0 Å². The minimum absolute atomic E-state index is 0.194. The fourth-order valence-electron chi connectivity index (χ4n) is 3.86. The van der Waals surface area contributed by atoms with Gasteiger partial charge in [0, 0.05) is 6.42 Å². The van der Waals surface area contributed by atoms with Gasteiger partial charge in [0.1, 0.15) is 5.75 Å². The van der Waals surface area contributed by atoms with E-state index in [2.05, 4.69) is 25.1 Å². The maximum atomic E-state index is 11.4. The molecule has 0 amide bonds. The molecule has 0 bridgehead atoms. The minimum atomic E-state index is -0.194. The van der Waals surface area contributed by atoms with Crippen LogP contribution in [0.4, 0.5) is 0 Å². The molecule has 2 nitrogen and oxygen atoms in total. The van der Waals surface area contributed by atoms with Gasteiger partial charge in [0.2, 0.25) is 0 Å². The molecule has 0 saturated carbocycles. The normalized spacial score (nSPS) is 16.2. The molecule has 1 atom stereocenters. The molecule has 2 aromatic carbocycles. The van der Waals surface area contributed by atoms with Crippen molar-refractivity contribution < 1.29 is 9.53 Å². The molecule has 1 aliphatic rings. The first-order valence-electron chi connectivity index (χ1n) is 10.1. The highest BCUT2D eigenvalue weighted by Gasteiger charge is 2.18. The van der Waals surface area contributed by atoms with Crippen molar-refractivity contribution >= 4 is 5.97 Å². The van der Waals surface area contributed by atoms with Gasteiger partial charge in [-0.05, 0) is 59.6 Å². The molecule has 2 aromatic rings. The fourth-order valence-corrected chi connectivity index (χ4v) is 3.86. The smallest absolute Gasteiger partial charge is 0.310 e. The zero-order chi connectivity index (χ0) is 18.4. The molecule has 26 heavy (non-hydrogen) atoms. The average Bonchev–Trinajstić information content (AvgIpc) is 2.68. The summed E-state index contributed by atoms with van der Waals surface area (Å²) in [5.41, 5.74) is 5.47. The standard InChI is InChI=1S/C24H30O2/c1-3-5-6-7-18-8-9-22-17-21(11-10-20(22)16-18)19-12-14-23(15-13-19)26-24(25)4-2/h10-15,17-18H,3-9,16H2,1-2H3. The third-order valence-corrected chi connectivity index (χ3v) is 5.46. The van der Waals surface area contributed by atoms with E-state index in [0.29, 0.717) is 12.2 Å². The van der Waals surface area contributed by atoms with Gasteiger partial charge < -0.3 is 4.74 Å². The first kappa shape index (κ1) is 18.7. The van der Waals surface area contributed by atoms with Gasteiger partial charge in [0.15, 0.2) is 0 Å². The molecule has 1 aliphatic carbocycles. The summed E-state index contributed by atoms with van der Waals surface area (Å²) in [6, 6.07) is 14.7. The van der Waals surface area contributed by atoms with Crippen molar-refractivity contribution in [2.24, 2.45) is 5.92 Å². The van der Waals surface area contributed by atoms with Crippen molar-refractivity contribution in [3.63, 3.8) is 0 Å². The lowest BCUT2D eigenvalue weighted by atomic mass is 9.80. The first-order chi connectivity index (χ1) is 12.7. The van der Waals surface area contributed by atoms with Crippen molar-refractivity contribution in [3.05, 3.63) is 53.6 Å². The van der Waals surface area contributed by atoms with Crippen molar-refractivity contribution in [2.75, 3.05) is 0 Å². The van der Waals surface area contributed by atoms with Crippen LogP contribution in [0.5, 0.6) is 5.75 Å². The summed E-state index contributed by atoms with van der Waals surface area (Å²) in [7, 11) is 0. The highest BCUT2D eigenvalue weighted by molar-refractivity contribution is 5.72. The van der Waals surface area contributed by atoms with Crippen LogP contribution in [-0.2, 0) is 17.6 Å². The van der Waals surface area contributed by atoms with Gasteiger partial charge in [-0.15, -0.1) is 0 Å². The van der Waals surface area contributed by atoms with Crippen LogP contribution < -0.4 is 4.74 Å². The van der Waals surface area contributed by atoms with Crippen LogP contribution in [0, 0.1) is 5.92 Å². The van der Waals surface area contributed by atoms with Gasteiger partial charge in [-0.3, -0.25) is 4.79 Å². The Morgan fingerprint density at radius 1 is 1.00 bits per heavy atom. The Balaban J connectivity index is 1.67. The molecule has 0 aliphatic heterocycles. The zero-order valence-corrected chi connectivity index (χ0v) is 16.1. The van der Waals surface area contributed by atoms with Crippen molar-refractivity contribution in [1.29, 1.82) is 0 Å². The molecule has 3 rings (SSSR count). The monoisotopic (exact) mass is 350 g/mol. The fraction of sp³-hybridized carbons (Fsp3) is 0.458. The minimum Gasteiger partial charge on any atom is -0.427 e. The number of esters is 1. The summed E-state index contributed by atoms with van der Waals surface area (Å²) < 4.78 is 5.26. The van der Waals surface area contributed by atoms with Crippen LogP contribution >= 0.6 is 0 Å². The summed E-state index contributed by atoms with van der Waals surface area (Å²) in [4.78, 5) is 11.4. The van der Waals surface area contributed by atoms with E-state index >= 15 is 0 Å². The number of unbranched alkanes of at least 4 members (excludes halogenated alkanes) is 2. The number of hydrogen-bond donors (Lipinski definition) is 0. The molecule has 138 valence electrons. The lowest BCUT2D eigenvalue weighted by Crippen LogP contribution is -2.14. The summed E-state index contributed by atoms with van der Waals surface area (Å²) in [6.07, 6.45) is 9.60. The van der Waals surface area contributed by atoms with E-state index in [0.717, 1.165) is 5.92 Å². The largest absolute Gasteiger partial charge is 0.427 e.